The molecule has 2 aliphatic heterocycles. The van der Waals surface area contributed by atoms with Crippen LogP contribution in [0.5, 0.6) is 5.75 Å². The van der Waals surface area contributed by atoms with Crippen LogP contribution in [0.2, 0.25) is 0 Å². The highest BCUT2D eigenvalue weighted by atomic mass is 19.1. The van der Waals surface area contributed by atoms with Gasteiger partial charge in [0.1, 0.15) is 11.6 Å². The van der Waals surface area contributed by atoms with E-state index < -0.39 is 0 Å². The van der Waals surface area contributed by atoms with Gasteiger partial charge in [-0.25, -0.2) is 9.40 Å². The lowest BCUT2D eigenvalue weighted by Crippen LogP contribution is -2.34. The Hall–Kier alpha value is -2.69. The van der Waals surface area contributed by atoms with Gasteiger partial charge in [-0.05, 0) is 36.8 Å². The molecule has 2 heterocycles. The summed E-state index contributed by atoms with van der Waals surface area (Å²) in [6, 6.07) is 11.9. The second kappa shape index (κ2) is 5.44. The number of ether oxygens (including phenoxy) is 1. The maximum atomic E-state index is 13.3. The fraction of sp³-hybridized carbons (Fsp3) is 0.263. The molecule has 2 aromatic rings. The predicted octanol–water partition coefficient (Wildman–Crippen LogP) is 3.45. The van der Waals surface area contributed by atoms with E-state index in [1.807, 2.05) is 25.1 Å². The summed E-state index contributed by atoms with van der Waals surface area (Å²) in [5.74, 6) is 0.293. The lowest BCUT2D eigenvalue weighted by atomic mass is 9.85. The Morgan fingerprint density at radius 1 is 1.25 bits per heavy atom. The summed E-state index contributed by atoms with van der Waals surface area (Å²) in [7, 11) is 0. The van der Waals surface area contributed by atoms with Crippen LogP contribution in [0.1, 0.15) is 29.7 Å². The zero-order valence-corrected chi connectivity index (χ0v) is 13.5. The fourth-order valence-corrected chi connectivity index (χ4v) is 3.45. The summed E-state index contributed by atoms with van der Waals surface area (Å²) in [6.07, 6.45) is 0. The van der Waals surface area contributed by atoms with Crippen LogP contribution in [0.25, 0.3) is 0 Å². The number of carbonyl (C=O) groups is 1. The smallest absolute Gasteiger partial charge is 0.240 e. The molecule has 0 aromatic heterocycles. The molecule has 0 aliphatic carbocycles. The Kier molecular flexibility index (Phi) is 3.37. The molecule has 0 N–H and O–H groups in total. The van der Waals surface area contributed by atoms with Gasteiger partial charge in [0.05, 0.1) is 24.3 Å². The van der Waals surface area contributed by atoms with Crippen LogP contribution in [0.15, 0.2) is 47.6 Å². The number of hydrogen-bond acceptors (Lipinski definition) is 3. The van der Waals surface area contributed by atoms with Crippen LogP contribution < -0.4 is 4.74 Å². The van der Waals surface area contributed by atoms with E-state index in [1.54, 1.807) is 12.1 Å². The molecule has 0 saturated heterocycles. The highest BCUT2D eigenvalue weighted by Gasteiger charge is 2.44. The quantitative estimate of drug-likeness (QED) is 0.806. The summed E-state index contributed by atoms with van der Waals surface area (Å²) in [5, 5.41) is 6.09. The standard InChI is InChI=1S/C19H17FN2O2/c1-11-3-8-17-15(9-11)18-16(10-24-17)19(22(21-18)12(2)23)13-4-6-14(20)7-5-13/h3-9,16,19H,10H2,1-2H3/t16-,19+/m1/s1. The average molecular weight is 324 g/mol. The topological polar surface area (TPSA) is 41.9 Å². The molecule has 2 aromatic carbocycles. The van der Waals surface area contributed by atoms with Crippen molar-refractivity contribution in [1.29, 1.82) is 0 Å². The second-order valence-electron chi connectivity index (χ2n) is 6.26. The minimum Gasteiger partial charge on any atom is -0.492 e. The number of amides is 1. The Morgan fingerprint density at radius 3 is 2.71 bits per heavy atom. The molecular formula is C19H17FN2O2. The molecule has 4 nitrogen and oxygen atoms in total. The van der Waals surface area contributed by atoms with Gasteiger partial charge in [-0.3, -0.25) is 4.79 Å². The number of carbonyl (C=O) groups excluding carboxylic acids is 1. The Morgan fingerprint density at radius 2 is 2.00 bits per heavy atom. The number of fused-ring (bicyclic) bond motifs is 3. The maximum Gasteiger partial charge on any atom is 0.240 e. The van der Waals surface area contributed by atoms with E-state index in [0.29, 0.717) is 6.61 Å². The van der Waals surface area contributed by atoms with E-state index in [9.17, 15) is 9.18 Å². The van der Waals surface area contributed by atoms with Crippen LogP contribution in [0.4, 0.5) is 4.39 Å². The number of hydrogen-bond donors (Lipinski definition) is 0. The van der Waals surface area contributed by atoms with Crippen molar-refractivity contribution in [3.05, 3.63) is 65.0 Å². The first-order valence-corrected chi connectivity index (χ1v) is 7.92. The van der Waals surface area contributed by atoms with Crippen molar-refractivity contribution in [2.75, 3.05) is 6.61 Å². The monoisotopic (exact) mass is 324 g/mol. The Bertz CT molecular complexity index is 845. The Balaban J connectivity index is 1.81. The van der Waals surface area contributed by atoms with E-state index in [-0.39, 0.29) is 23.7 Å². The lowest BCUT2D eigenvalue weighted by molar-refractivity contribution is -0.131. The largest absolute Gasteiger partial charge is 0.492 e. The zero-order valence-electron chi connectivity index (χ0n) is 13.5. The molecule has 0 unspecified atom stereocenters. The second-order valence-corrected chi connectivity index (χ2v) is 6.26. The van der Waals surface area contributed by atoms with Crippen LogP contribution in [0.3, 0.4) is 0 Å². The summed E-state index contributed by atoms with van der Waals surface area (Å²) in [6.45, 7) is 3.95. The van der Waals surface area contributed by atoms with Crippen LogP contribution >= 0.6 is 0 Å². The molecule has 0 fully saturated rings. The zero-order chi connectivity index (χ0) is 16.8. The minimum atomic E-state index is -0.298. The van der Waals surface area contributed by atoms with Gasteiger partial charge in [-0.1, -0.05) is 23.8 Å². The summed E-state index contributed by atoms with van der Waals surface area (Å²) in [4.78, 5) is 12.1. The molecule has 122 valence electrons. The molecule has 2 atom stereocenters. The molecule has 24 heavy (non-hydrogen) atoms. The SMILES string of the molecule is CC(=O)N1N=C2c3cc(C)ccc3OC[C@H]2[C@@H]1c1ccc(F)cc1. The molecule has 4 rings (SSSR count). The number of nitrogens with zero attached hydrogens (tertiary/aromatic N) is 2. The van der Waals surface area contributed by atoms with Crippen molar-refractivity contribution in [3.63, 3.8) is 0 Å². The van der Waals surface area contributed by atoms with Crippen molar-refractivity contribution in [2.24, 2.45) is 11.0 Å². The maximum absolute atomic E-state index is 13.3. The number of rotatable bonds is 1. The number of hydrazone groups is 1. The molecule has 1 amide bonds. The fourth-order valence-electron chi connectivity index (χ4n) is 3.45. The third-order valence-corrected chi connectivity index (χ3v) is 4.57. The molecule has 0 bridgehead atoms. The van der Waals surface area contributed by atoms with Crippen molar-refractivity contribution in [3.8, 4) is 5.75 Å². The van der Waals surface area contributed by atoms with E-state index in [4.69, 9.17) is 4.74 Å². The van der Waals surface area contributed by atoms with Gasteiger partial charge in [0.2, 0.25) is 5.91 Å². The van der Waals surface area contributed by atoms with Crippen molar-refractivity contribution < 1.29 is 13.9 Å². The first-order chi connectivity index (χ1) is 11.5. The van der Waals surface area contributed by atoms with E-state index in [1.165, 1.54) is 24.1 Å². The van der Waals surface area contributed by atoms with Gasteiger partial charge in [0.25, 0.3) is 0 Å². The van der Waals surface area contributed by atoms with Gasteiger partial charge >= 0.3 is 0 Å². The highest BCUT2D eigenvalue weighted by molar-refractivity contribution is 6.07. The molecule has 0 spiro atoms. The minimum absolute atomic E-state index is 0.0614. The van der Waals surface area contributed by atoms with Crippen molar-refractivity contribution in [1.82, 2.24) is 5.01 Å². The van der Waals surface area contributed by atoms with Crippen LogP contribution in [0, 0.1) is 18.7 Å². The molecule has 5 heteroatoms. The van der Waals surface area contributed by atoms with Gasteiger partial charge in [-0.15, -0.1) is 0 Å². The Labute approximate surface area is 139 Å². The van der Waals surface area contributed by atoms with Gasteiger partial charge in [-0.2, -0.15) is 5.10 Å². The van der Waals surface area contributed by atoms with Gasteiger partial charge in [0, 0.05) is 12.5 Å². The van der Waals surface area contributed by atoms with Gasteiger partial charge < -0.3 is 4.74 Å². The third kappa shape index (κ3) is 2.28. The lowest BCUT2D eigenvalue weighted by Gasteiger charge is -2.29. The first kappa shape index (κ1) is 14.9. The van der Waals surface area contributed by atoms with E-state index in [2.05, 4.69) is 5.10 Å². The van der Waals surface area contributed by atoms with Crippen molar-refractivity contribution in [2.45, 2.75) is 19.9 Å². The normalized spacial score (nSPS) is 21.6. The molecular weight excluding hydrogens is 307 g/mol. The summed E-state index contributed by atoms with van der Waals surface area (Å²) >= 11 is 0. The number of benzene rings is 2. The third-order valence-electron chi connectivity index (χ3n) is 4.57. The summed E-state index contributed by atoms with van der Waals surface area (Å²) in [5.41, 5.74) is 3.77. The number of halogens is 1. The van der Waals surface area contributed by atoms with Crippen molar-refractivity contribution >= 4 is 11.6 Å². The summed E-state index contributed by atoms with van der Waals surface area (Å²) < 4.78 is 19.2. The molecule has 2 aliphatic rings. The molecule has 0 radical (unpaired) electrons. The van der Waals surface area contributed by atoms with Crippen LogP contribution in [-0.4, -0.2) is 23.2 Å². The number of aryl methyl sites for hydroxylation is 1. The predicted molar refractivity (Wildman–Crippen MR) is 88.4 cm³/mol. The highest BCUT2D eigenvalue weighted by Crippen LogP contribution is 2.42. The van der Waals surface area contributed by atoms with Crippen LogP contribution in [-0.2, 0) is 4.79 Å². The average Bonchev–Trinajstić information content (AvgIpc) is 2.96. The van der Waals surface area contributed by atoms with E-state index in [0.717, 1.165) is 28.2 Å². The molecule has 0 saturated carbocycles. The first-order valence-electron chi connectivity index (χ1n) is 7.92. The van der Waals surface area contributed by atoms with E-state index >= 15 is 0 Å². The van der Waals surface area contributed by atoms with Gasteiger partial charge in [0.15, 0.2) is 0 Å².